The van der Waals surface area contributed by atoms with Gasteiger partial charge in [0.2, 0.25) is 0 Å². The summed E-state index contributed by atoms with van der Waals surface area (Å²) < 4.78 is 15.5. The summed E-state index contributed by atoms with van der Waals surface area (Å²) in [5.41, 5.74) is 1.66. The normalized spacial score (nSPS) is 11.8. The fourth-order valence-electron chi connectivity index (χ4n) is 2.83. The molecule has 3 rings (SSSR count). The standard InChI is InChI=1S/C20H20ClFN4O/c1-26-11-10-23-19(26)18(15-5-3-7-17(22)13-15)25-20(27)24-9-8-14-4-2-6-16(21)12-14/h2-7,10-13,18H,8-9H2,1H3,(H2,24,25,27). The SMILES string of the molecule is Cn1ccnc1C(NC(=O)NCCc1cccc(Cl)c1)c1cccc(F)c1. The highest BCUT2D eigenvalue weighted by Gasteiger charge is 2.21. The molecule has 1 atom stereocenters. The van der Waals surface area contributed by atoms with E-state index in [0.29, 0.717) is 29.4 Å². The zero-order valence-corrected chi connectivity index (χ0v) is 15.6. The smallest absolute Gasteiger partial charge is 0.315 e. The van der Waals surface area contributed by atoms with Crippen molar-refractivity contribution >= 4 is 17.6 Å². The molecule has 2 aromatic carbocycles. The molecule has 0 spiro atoms. The van der Waals surface area contributed by atoms with Crippen LogP contribution in [0.15, 0.2) is 60.9 Å². The molecule has 2 N–H and O–H groups in total. The van der Waals surface area contributed by atoms with Gasteiger partial charge in [-0.15, -0.1) is 0 Å². The van der Waals surface area contributed by atoms with Crippen LogP contribution in [-0.2, 0) is 13.5 Å². The molecule has 0 aliphatic rings. The van der Waals surface area contributed by atoms with Gasteiger partial charge in [-0.25, -0.2) is 14.2 Å². The summed E-state index contributed by atoms with van der Waals surface area (Å²) in [6.07, 6.45) is 4.07. The van der Waals surface area contributed by atoms with E-state index in [-0.39, 0.29) is 11.8 Å². The minimum absolute atomic E-state index is 0.353. The Kier molecular flexibility index (Phi) is 6.08. The highest BCUT2D eigenvalue weighted by Crippen LogP contribution is 2.21. The lowest BCUT2D eigenvalue weighted by atomic mass is 10.1. The number of aromatic nitrogens is 2. The Morgan fingerprint density at radius 3 is 2.78 bits per heavy atom. The second-order valence-electron chi connectivity index (χ2n) is 6.16. The van der Waals surface area contributed by atoms with Crippen molar-refractivity contribution < 1.29 is 9.18 Å². The highest BCUT2D eigenvalue weighted by atomic mass is 35.5. The first-order valence-corrected chi connectivity index (χ1v) is 8.92. The average molecular weight is 387 g/mol. The molecule has 1 aromatic heterocycles. The Morgan fingerprint density at radius 2 is 2.07 bits per heavy atom. The van der Waals surface area contributed by atoms with E-state index < -0.39 is 6.04 Å². The molecule has 27 heavy (non-hydrogen) atoms. The van der Waals surface area contributed by atoms with E-state index in [1.54, 1.807) is 29.1 Å². The fourth-order valence-corrected chi connectivity index (χ4v) is 3.05. The molecule has 2 amide bonds. The number of aryl methyl sites for hydroxylation is 1. The van der Waals surface area contributed by atoms with Gasteiger partial charge in [0, 0.05) is 31.0 Å². The molecule has 0 bridgehead atoms. The van der Waals surface area contributed by atoms with E-state index >= 15 is 0 Å². The maximum Gasteiger partial charge on any atom is 0.315 e. The molecule has 3 aromatic rings. The number of urea groups is 1. The third kappa shape index (κ3) is 5.08. The number of halogens is 2. The van der Waals surface area contributed by atoms with Gasteiger partial charge in [0.25, 0.3) is 0 Å². The van der Waals surface area contributed by atoms with Crippen LogP contribution in [0.1, 0.15) is 23.0 Å². The quantitative estimate of drug-likeness (QED) is 0.676. The number of hydrogen-bond acceptors (Lipinski definition) is 2. The number of amides is 2. The van der Waals surface area contributed by atoms with Crippen LogP contribution in [0.5, 0.6) is 0 Å². The third-order valence-corrected chi connectivity index (χ3v) is 4.40. The Morgan fingerprint density at radius 1 is 1.26 bits per heavy atom. The van der Waals surface area contributed by atoms with E-state index in [4.69, 9.17) is 11.6 Å². The Bertz CT molecular complexity index is 928. The molecule has 0 aliphatic carbocycles. The zero-order valence-electron chi connectivity index (χ0n) is 14.8. The Balaban J connectivity index is 1.67. The number of rotatable bonds is 6. The van der Waals surface area contributed by atoms with Gasteiger partial charge in [0.05, 0.1) is 0 Å². The van der Waals surface area contributed by atoms with Gasteiger partial charge < -0.3 is 15.2 Å². The summed E-state index contributed by atoms with van der Waals surface area (Å²) in [6, 6.07) is 12.7. The molecule has 140 valence electrons. The van der Waals surface area contributed by atoms with Gasteiger partial charge in [-0.05, 0) is 41.8 Å². The summed E-state index contributed by atoms with van der Waals surface area (Å²) in [5.74, 6) is 0.250. The fraction of sp³-hybridized carbons (Fsp3) is 0.200. The lowest BCUT2D eigenvalue weighted by molar-refractivity contribution is 0.238. The first-order chi connectivity index (χ1) is 13.0. The van der Waals surface area contributed by atoms with Gasteiger partial charge in [-0.2, -0.15) is 0 Å². The van der Waals surface area contributed by atoms with Gasteiger partial charge in [0.1, 0.15) is 17.7 Å². The van der Waals surface area contributed by atoms with Crippen molar-refractivity contribution in [2.75, 3.05) is 6.54 Å². The molecule has 0 radical (unpaired) electrons. The lowest BCUT2D eigenvalue weighted by Crippen LogP contribution is -2.40. The number of nitrogens with zero attached hydrogens (tertiary/aromatic N) is 2. The van der Waals surface area contributed by atoms with Crippen LogP contribution < -0.4 is 10.6 Å². The lowest BCUT2D eigenvalue weighted by Gasteiger charge is -2.19. The van der Waals surface area contributed by atoms with Crippen molar-refractivity contribution in [2.45, 2.75) is 12.5 Å². The molecule has 1 unspecified atom stereocenters. The van der Waals surface area contributed by atoms with E-state index in [1.165, 1.54) is 12.1 Å². The molecule has 0 fully saturated rings. The predicted octanol–water partition coefficient (Wildman–Crippen LogP) is 3.84. The molecule has 0 saturated heterocycles. The van der Waals surface area contributed by atoms with Gasteiger partial charge in [0.15, 0.2) is 0 Å². The van der Waals surface area contributed by atoms with Crippen LogP contribution in [0.3, 0.4) is 0 Å². The zero-order chi connectivity index (χ0) is 19.2. The van der Waals surface area contributed by atoms with Crippen molar-refractivity contribution in [1.29, 1.82) is 0 Å². The highest BCUT2D eigenvalue weighted by molar-refractivity contribution is 6.30. The number of imidazole rings is 1. The Hall–Kier alpha value is -2.86. The predicted molar refractivity (Wildman–Crippen MR) is 103 cm³/mol. The maximum absolute atomic E-state index is 13.7. The van der Waals surface area contributed by atoms with Crippen molar-refractivity contribution in [3.8, 4) is 0 Å². The molecule has 5 nitrogen and oxygen atoms in total. The van der Waals surface area contributed by atoms with Crippen LogP contribution in [-0.4, -0.2) is 22.1 Å². The van der Waals surface area contributed by atoms with E-state index in [0.717, 1.165) is 5.56 Å². The monoisotopic (exact) mass is 386 g/mol. The molecule has 7 heteroatoms. The number of hydrogen-bond donors (Lipinski definition) is 2. The third-order valence-electron chi connectivity index (χ3n) is 4.16. The second kappa shape index (κ2) is 8.68. The molecular formula is C20H20ClFN4O. The van der Waals surface area contributed by atoms with Crippen molar-refractivity contribution in [1.82, 2.24) is 20.2 Å². The molecular weight excluding hydrogens is 367 g/mol. The molecule has 1 heterocycles. The number of carbonyl (C=O) groups is 1. The summed E-state index contributed by atoms with van der Waals surface area (Å²) in [6.45, 7) is 0.447. The van der Waals surface area contributed by atoms with Crippen LogP contribution in [0, 0.1) is 5.82 Å². The van der Waals surface area contributed by atoms with Crippen molar-refractivity contribution in [3.05, 3.63) is 88.7 Å². The minimum Gasteiger partial charge on any atom is -0.338 e. The van der Waals surface area contributed by atoms with Crippen LogP contribution in [0.25, 0.3) is 0 Å². The topological polar surface area (TPSA) is 59.0 Å². The molecule has 0 aliphatic heterocycles. The van der Waals surface area contributed by atoms with Gasteiger partial charge in [-0.3, -0.25) is 0 Å². The van der Waals surface area contributed by atoms with Crippen molar-refractivity contribution in [3.63, 3.8) is 0 Å². The summed E-state index contributed by atoms with van der Waals surface area (Å²) in [4.78, 5) is 16.7. The first-order valence-electron chi connectivity index (χ1n) is 8.54. The number of benzene rings is 2. The molecule has 0 saturated carbocycles. The average Bonchev–Trinajstić information content (AvgIpc) is 3.05. The number of nitrogens with one attached hydrogen (secondary N) is 2. The summed E-state index contributed by atoms with van der Waals surface area (Å²) >= 11 is 5.97. The van der Waals surface area contributed by atoms with Crippen LogP contribution in [0.2, 0.25) is 5.02 Å². The second-order valence-corrected chi connectivity index (χ2v) is 6.60. The summed E-state index contributed by atoms with van der Waals surface area (Å²) in [5, 5.41) is 6.36. The van der Waals surface area contributed by atoms with E-state index in [1.807, 2.05) is 31.3 Å². The Labute approximate surface area is 162 Å². The van der Waals surface area contributed by atoms with Gasteiger partial charge in [-0.1, -0.05) is 35.9 Å². The van der Waals surface area contributed by atoms with E-state index in [9.17, 15) is 9.18 Å². The first kappa shape index (κ1) is 18.9. The van der Waals surface area contributed by atoms with Crippen LogP contribution >= 0.6 is 11.6 Å². The summed E-state index contributed by atoms with van der Waals surface area (Å²) in [7, 11) is 1.83. The largest absolute Gasteiger partial charge is 0.338 e. The van der Waals surface area contributed by atoms with Crippen molar-refractivity contribution in [2.24, 2.45) is 7.05 Å². The van der Waals surface area contributed by atoms with Crippen LogP contribution in [0.4, 0.5) is 9.18 Å². The number of carbonyl (C=O) groups excluding carboxylic acids is 1. The minimum atomic E-state index is -0.563. The van der Waals surface area contributed by atoms with Gasteiger partial charge >= 0.3 is 6.03 Å². The van der Waals surface area contributed by atoms with E-state index in [2.05, 4.69) is 15.6 Å². The maximum atomic E-state index is 13.7.